The van der Waals surface area contributed by atoms with E-state index < -0.39 is 0 Å². The van der Waals surface area contributed by atoms with Crippen LogP contribution in [0.15, 0.2) is 70.5 Å². The summed E-state index contributed by atoms with van der Waals surface area (Å²) < 4.78 is 12.7. The molecule has 4 heterocycles. The number of ether oxygens (including phenoxy) is 2. The molecule has 2 bridgehead atoms. The predicted octanol–water partition coefficient (Wildman–Crippen LogP) is 5.21. The first-order valence-electron chi connectivity index (χ1n) is 14.0. The van der Waals surface area contributed by atoms with Crippen LogP contribution in [0.4, 0.5) is 11.6 Å². The van der Waals surface area contributed by atoms with Gasteiger partial charge in [-0.2, -0.15) is 0 Å². The third-order valence-corrected chi connectivity index (χ3v) is 9.53. The van der Waals surface area contributed by atoms with Crippen molar-refractivity contribution in [3.8, 4) is 11.5 Å². The Morgan fingerprint density at radius 2 is 1.10 bits per heavy atom. The lowest BCUT2D eigenvalue weighted by molar-refractivity contribution is 0.188. The number of fused-ring (bicyclic) bond motifs is 9. The second-order valence-corrected chi connectivity index (χ2v) is 12.4. The highest BCUT2D eigenvalue weighted by Crippen LogP contribution is 2.34. The van der Waals surface area contributed by atoms with E-state index in [1.165, 1.54) is 20.9 Å². The van der Waals surface area contributed by atoms with Crippen LogP contribution in [0.25, 0.3) is 11.0 Å². The van der Waals surface area contributed by atoms with Crippen LogP contribution in [-0.2, 0) is 13.1 Å². The third kappa shape index (κ3) is 6.86. The molecule has 2 atom stereocenters. The van der Waals surface area contributed by atoms with Crippen molar-refractivity contribution in [1.29, 1.82) is 0 Å². The van der Waals surface area contributed by atoms with Gasteiger partial charge < -0.3 is 9.47 Å². The van der Waals surface area contributed by atoms with E-state index in [-0.39, 0.29) is 11.6 Å². The summed E-state index contributed by atoms with van der Waals surface area (Å²) in [6.07, 6.45) is 0. The molecule has 3 aliphatic heterocycles. The second kappa shape index (κ2) is 13.8. The fourth-order valence-electron chi connectivity index (χ4n) is 5.16. The zero-order valence-electron chi connectivity index (χ0n) is 23.2. The summed E-state index contributed by atoms with van der Waals surface area (Å²) >= 11 is 3.84. The van der Waals surface area contributed by atoms with Crippen LogP contribution in [0.3, 0.4) is 0 Å². The van der Waals surface area contributed by atoms with Crippen molar-refractivity contribution >= 4 is 46.2 Å². The van der Waals surface area contributed by atoms with Crippen molar-refractivity contribution in [3.63, 3.8) is 0 Å². The maximum absolute atomic E-state index is 9.46. The first-order chi connectivity index (χ1) is 20.7. The Labute approximate surface area is 253 Å². The van der Waals surface area contributed by atoms with Gasteiger partial charge in [0.2, 0.25) is 0 Å². The quantitative estimate of drug-likeness (QED) is 0.225. The summed E-state index contributed by atoms with van der Waals surface area (Å²) in [4.78, 5) is 16.3. The van der Waals surface area contributed by atoms with Crippen LogP contribution in [0.5, 0.6) is 11.5 Å². The fourth-order valence-corrected chi connectivity index (χ4v) is 7.28. The molecule has 0 fully saturated rings. The van der Waals surface area contributed by atoms with Crippen molar-refractivity contribution in [2.24, 2.45) is 0 Å². The Kier molecular flexibility index (Phi) is 9.48. The maximum Gasteiger partial charge on any atom is 0.195 e. The van der Waals surface area contributed by atoms with Crippen LogP contribution in [0.1, 0.15) is 11.1 Å². The predicted molar refractivity (Wildman–Crippen MR) is 166 cm³/mol. The minimum atomic E-state index is 0.00432. The average Bonchev–Trinajstić information content (AvgIpc) is 3.01. The normalized spacial score (nSPS) is 19.9. The third-order valence-electron chi connectivity index (χ3n) is 7.33. The number of aromatic nitrogens is 2. The number of benzene rings is 3. The van der Waals surface area contributed by atoms with E-state index in [4.69, 9.17) is 9.47 Å². The summed E-state index contributed by atoms with van der Waals surface area (Å²) in [6, 6.07) is 21.0. The summed E-state index contributed by atoms with van der Waals surface area (Å²) in [5.41, 5.74) is 7.61. The van der Waals surface area contributed by atoms with E-state index in [9.17, 15) is 10.4 Å². The number of thioether (sulfide) groups is 2. The molecule has 10 nitrogen and oxygen atoms in total. The zero-order chi connectivity index (χ0) is 28.7. The van der Waals surface area contributed by atoms with E-state index in [0.29, 0.717) is 35.7 Å². The molecule has 4 N–H and O–H groups in total. The number of nitrogens with zero attached hydrogens (tertiary/aromatic N) is 4. The Morgan fingerprint density at radius 3 is 1.55 bits per heavy atom. The van der Waals surface area contributed by atoms with Crippen molar-refractivity contribution in [2.45, 2.75) is 22.9 Å². The maximum atomic E-state index is 9.46. The Balaban J connectivity index is 1.36. The van der Waals surface area contributed by atoms with Crippen LogP contribution in [-0.4, -0.2) is 81.1 Å². The van der Waals surface area contributed by atoms with Crippen LogP contribution >= 0.6 is 23.5 Å². The topological polar surface area (TPSA) is 115 Å². The molecule has 3 aliphatic rings. The molecule has 12 heteroatoms. The largest absolute Gasteiger partial charge is 0.488 e. The lowest BCUT2D eigenvalue weighted by Crippen LogP contribution is -2.32. The van der Waals surface area contributed by atoms with E-state index in [2.05, 4.69) is 68.3 Å². The van der Waals surface area contributed by atoms with Crippen LogP contribution < -0.4 is 20.4 Å². The zero-order valence-corrected chi connectivity index (χ0v) is 24.8. The lowest BCUT2D eigenvalue weighted by atomic mass is 10.2. The molecule has 42 heavy (non-hydrogen) atoms. The van der Waals surface area contributed by atoms with Crippen LogP contribution in [0, 0.1) is 0 Å². The van der Waals surface area contributed by atoms with Gasteiger partial charge in [0, 0.05) is 72.7 Å². The first kappa shape index (κ1) is 28.8. The lowest BCUT2D eigenvalue weighted by Gasteiger charge is -2.27. The Bertz CT molecular complexity index is 1410. The first-order valence-corrected chi connectivity index (χ1v) is 15.9. The van der Waals surface area contributed by atoms with Gasteiger partial charge in [0.05, 0.1) is 11.0 Å². The molecule has 0 saturated carbocycles. The fraction of sp³-hybridized carbons (Fsp3) is 0.333. The molecule has 0 radical (unpaired) electrons. The summed E-state index contributed by atoms with van der Waals surface area (Å²) in [5.74, 6) is 3.09. The van der Waals surface area contributed by atoms with Gasteiger partial charge in [0.15, 0.2) is 23.1 Å². The number of anilines is 2. The Morgan fingerprint density at radius 1 is 0.643 bits per heavy atom. The highest BCUT2D eigenvalue weighted by atomic mass is 32.2. The van der Waals surface area contributed by atoms with Gasteiger partial charge in [-0.05, 0) is 23.3 Å². The molecule has 0 saturated heterocycles. The van der Waals surface area contributed by atoms with E-state index >= 15 is 0 Å². The van der Waals surface area contributed by atoms with Crippen LogP contribution in [0.2, 0.25) is 0 Å². The molecule has 3 aromatic carbocycles. The molecule has 220 valence electrons. The molecule has 2 unspecified atom stereocenters. The number of rotatable bonds is 2. The molecule has 4 aromatic rings. The molecule has 7 rings (SSSR count). The van der Waals surface area contributed by atoms with Crippen molar-refractivity contribution < 1.29 is 19.9 Å². The number of hydrogen-bond donors (Lipinski definition) is 4. The summed E-state index contributed by atoms with van der Waals surface area (Å²) in [5, 5.41) is 18.9. The van der Waals surface area contributed by atoms with Gasteiger partial charge in [0.1, 0.15) is 13.2 Å². The van der Waals surface area contributed by atoms with Gasteiger partial charge >= 0.3 is 0 Å². The highest BCUT2D eigenvalue weighted by molar-refractivity contribution is 7.99. The van der Waals surface area contributed by atoms with Gasteiger partial charge in [-0.25, -0.2) is 20.9 Å². The highest BCUT2D eigenvalue weighted by Gasteiger charge is 2.18. The second-order valence-electron chi connectivity index (χ2n) is 10.1. The number of nitrogens with one attached hydrogen (secondary N) is 2. The summed E-state index contributed by atoms with van der Waals surface area (Å²) in [7, 11) is 0. The summed E-state index contributed by atoms with van der Waals surface area (Å²) in [6.45, 7) is 5.89. The standard InChI is InChI=1S/C30H34N6O4S2/c37-33-29-30(34-38)32-24-18-26-25(17-23(24)31-29)39-13-9-35-11-16-42-28-8-4-2-6-22(28)20-36(10-14-40-26)12-15-41-27-7-3-1-5-21(27)19-35/h1-8,17-18,37-38H,9-16,19-20H2,(H,31,33)(H,32,34). The molecular weight excluding hydrogens is 573 g/mol. The average molecular weight is 607 g/mol. The van der Waals surface area contributed by atoms with Gasteiger partial charge in [-0.1, -0.05) is 36.4 Å². The van der Waals surface area contributed by atoms with Gasteiger partial charge in [-0.15, -0.1) is 23.5 Å². The van der Waals surface area contributed by atoms with Crippen molar-refractivity contribution in [1.82, 2.24) is 19.8 Å². The molecule has 0 amide bonds. The monoisotopic (exact) mass is 606 g/mol. The SMILES string of the molecule is ONc1nc2cc3c(cc2nc1NO)OCCN1CCSc2ccccc2CN(CCO3)CCSc2ccccc2C1. The van der Waals surface area contributed by atoms with E-state index in [1.807, 2.05) is 34.5 Å². The molecular formula is C30H34N6O4S2. The van der Waals surface area contributed by atoms with E-state index in [1.54, 1.807) is 12.1 Å². The molecule has 0 spiro atoms. The Hall–Kier alpha value is -3.26. The molecule has 1 aromatic heterocycles. The molecule has 0 aliphatic carbocycles. The minimum Gasteiger partial charge on any atom is -0.488 e. The number of hydrogen-bond acceptors (Lipinski definition) is 12. The smallest absolute Gasteiger partial charge is 0.195 e. The van der Waals surface area contributed by atoms with Gasteiger partial charge in [0.25, 0.3) is 0 Å². The van der Waals surface area contributed by atoms with Gasteiger partial charge in [-0.3, -0.25) is 20.2 Å². The van der Waals surface area contributed by atoms with Crippen molar-refractivity contribution in [3.05, 3.63) is 71.8 Å². The minimum absolute atomic E-state index is 0.00432. The van der Waals surface area contributed by atoms with Crippen molar-refractivity contribution in [2.75, 3.05) is 61.9 Å². The van der Waals surface area contributed by atoms with E-state index in [0.717, 1.165) is 50.8 Å².